The molecule has 0 aliphatic heterocycles. The third-order valence-electron chi connectivity index (χ3n) is 5.05. The molecule has 0 aliphatic rings. The second kappa shape index (κ2) is 12.7. The minimum absolute atomic E-state index is 0. The van der Waals surface area contributed by atoms with Crippen LogP contribution in [0, 0.1) is 0 Å². The summed E-state index contributed by atoms with van der Waals surface area (Å²) in [5.74, 6) is 0. The zero-order chi connectivity index (χ0) is 19.0. The molecule has 2 rings (SSSR count). The van der Waals surface area contributed by atoms with Crippen molar-refractivity contribution in [3.63, 3.8) is 0 Å². The van der Waals surface area contributed by atoms with Crippen LogP contribution in [0.4, 0.5) is 0 Å². The van der Waals surface area contributed by atoms with E-state index in [2.05, 4.69) is 19.9 Å². The standard InChI is InChI=1S/C22H32O3S.K/c1-3-5-7-9-12-18-13-11-14-19-16-17-21(26(23,24)25)20(22(18)19)15-10-8-6-4-2;/h11,13-14,16-17H,3-10,12,15H2,1-2H3,(H,23,24,25);/q;+1/p-1. The molecule has 0 saturated heterocycles. The van der Waals surface area contributed by atoms with E-state index in [1.165, 1.54) is 30.9 Å². The molecule has 2 aromatic carbocycles. The van der Waals surface area contributed by atoms with Crippen molar-refractivity contribution < 1.29 is 64.4 Å². The molecule has 0 aliphatic carbocycles. The Labute approximate surface area is 207 Å². The summed E-state index contributed by atoms with van der Waals surface area (Å²) in [6, 6.07) is 9.42. The van der Waals surface area contributed by atoms with Crippen LogP contribution in [0.25, 0.3) is 10.8 Å². The quantitative estimate of drug-likeness (QED) is 0.323. The number of aryl methyl sites for hydroxylation is 2. The van der Waals surface area contributed by atoms with E-state index in [4.69, 9.17) is 0 Å². The monoisotopic (exact) mass is 414 g/mol. The molecule has 144 valence electrons. The topological polar surface area (TPSA) is 57.2 Å². The average Bonchev–Trinajstić information content (AvgIpc) is 2.61. The summed E-state index contributed by atoms with van der Waals surface area (Å²) in [6.45, 7) is 4.34. The van der Waals surface area contributed by atoms with Gasteiger partial charge in [0.05, 0.1) is 4.90 Å². The number of fused-ring (bicyclic) bond motifs is 1. The average molecular weight is 415 g/mol. The third-order valence-corrected chi connectivity index (χ3v) is 5.97. The molecule has 0 N–H and O–H groups in total. The first-order valence-electron chi connectivity index (χ1n) is 9.98. The Morgan fingerprint density at radius 3 is 2.04 bits per heavy atom. The van der Waals surface area contributed by atoms with E-state index < -0.39 is 10.1 Å². The van der Waals surface area contributed by atoms with Crippen molar-refractivity contribution in [2.45, 2.75) is 83.0 Å². The van der Waals surface area contributed by atoms with Crippen molar-refractivity contribution in [1.29, 1.82) is 0 Å². The molecule has 0 heterocycles. The maximum atomic E-state index is 11.8. The SMILES string of the molecule is CCCCCCc1cccc2ccc(S(=O)(=O)[O-])c(CCCCCC)c12.[K+]. The Bertz CT molecular complexity index is 816. The van der Waals surface area contributed by atoms with Gasteiger partial charge in [-0.15, -0.1) is 0 Å². The summed E-state index contributed by atoms with van der Waals surface area (Å²) in [5.41, 5.74) is 1.91. The third kappa shape index (κ3) is 7.54. The van der Waals surface area contributed by atoms with Crippen molar-refractivity contribution in [2.24, 2.45) is 0 Å². The van der Waals surface area contributed by atoms with Gasteiger partial charge < -0.3 is 4.55 Å². The molecule has 5 heteroatoms. The van der Waals surface area contributed by atoms with Crippen LogP contribution >= 0.6 is 0 Å². The van der Waals surface area contributed by atoms with Crippen LogP contribution in [-0.4, -0.2) is 13.0 Å². The maximum absolute atomic E-state index is 11.8. The van der Waals surface area contributed by atoms with Gasteiger partial charge in [0.15, 0.2) is 0 Å². The second-order valence-electron chi connectivity index (χ2n) is 7.13. The van der Waals surface area contributed by atoms with E-state index in [1.807, 2.05) is 12.1 Å². The fraction of sp³-hybridized carbons (Fsp3) is 0.545. The number of hydrogen-bond acceptors (Lipinski definition) is 3. The zero-order valence-electron chi connectivity index (χ0n) is 17.1. The van der Waals surface area contributed by atoms with Crippen LogP contribution in [-0.2, 0) is 23.0 Å². The van der Waals surface area contributed by atoms with Gasteiger partial charge in [0.2, 0.25) is 0 Å². The Morgan fingerprint density at radius 2 is 1.44 bits per heavy atom. The van der Waals surface area contributed by atoms with Crippen molar-refractivity contribution in [3.05, 3.63) is 41.5 Å². The normalized spacial score (nSPS) is 11.5. The molecule has 0 radical (unpaired) electrons. The first kappa shape index (κ1) is 25.3. The first-order valence-corrected chi connectivity index (χ1v) is 11.4. The first-order chi connectivity index (χ1) is 12.5. The van der Waals surface area contributed by atoms with E-state index in [0.717, 1.165) is 54.9 Å². The van der Waals surface area contributed by atoms with Crippen LogP contribution < -0.4 is 51.4 Å². The molecule has 0 aromatic heterocycles. The fourth-order valence-corrected chi connectivity index (χ4v) is 4.42. The molecule has 0 amide bonds. The van der Waals surface area contributed by atoms with Gasteiger partial charge in [0.1, 0.15) is 10.1 Å². The fourth-order valence-electron chi connectivity index (χ4n) is 3.68. The summed E-state index contributed by atoms with van der Waals surface area (Å²) < 4.78 is 35.5. The van der Waals surface area contributed by atoms with Gasteiger partial charge in [-0.3, -0.25) is 0 Å². The molecular formula is C22H31KO3S. The predicted octanol–water partition coefficient (Wildman–Crippen LogP) is 2.99. The maximum Gasteiger partial charge on any atom is 1.00 e. The Kier molecular flexibility index (Phi) is 11.9. The number of hydrogen-bond donors (Lipinski definition) is 0. The van der Waals surface area contributed by atoms with Gasteiger partial charge in [0.25, 0.3) is 0 Å². The van der Waals surface area contributed by atoms with Crippen LogP contribution in [0.5, 0.6) is 0 Å². The number of rotatable bonds is 11. The molecule has 0 bridgehead atoms. The summed E-state index contributed by atoms with van der Waals surface area (Å²) >= 11 is 0. The van der Waals surface area contributed by atoms with Gasteiger partial charge >= 0.3 is 51.4 Å². The molecule has 0 fully saturated rings. The smallest absolute Gasteiger partial charge is 0.744 e. The summed E-state index contributed by atoms with van der Waals surface area (Å²) in [5, 5.41) is 2.04. The van der Waals surface area contributed by atoms with Crippen molar-refractivity contribution in [1.82, 2.24) is 0 Å². The van der Waals surface area contributed by atoms with E-state index in [1.54, 1.807) is 6.07 Å². The van der Waals surface area contributed by atoms with Crippen molar-refractivity contribution in [3.8, 4) is 0 Å². The zero-order valence-corrected chi connectivity index (χ0v) is 21.0. The number of benzene rings is 2. The van der Waals surface area contributed by atoms with E-state index in [-0.39, 0.29) is 56.3 Å². The molecule has 27 heavy (non-hydrogen) atoms. The minimum atomic E-state index is -4.46. The Balaban J connectivity index is 0.00000364. The summed E-state index contributed by atoms with van der Waals surface area (Å²) in [4.78, 5) is -0.0255. The van der Waals surface area contributed by atoms with Gasteiger partial charge in [-0.2, -0.15) is 0 Å². The van der Waals surface area contributed by atoms with Crippen LogP contribution in [0.15, 0.2) is 35.2 Å². The Hall–Kier alpha value is 0.246. The number of unbranched alkanes of at least 4 members (excludes halogenated alkanes) is 6. The molecule has 2 aromatic rings. The van der Waals surface area contributed by atoms with Gasteiger partial charge in [-0.05, 0) is 53.6 Å². The van der Waals surface area contributed by atoms with Gasteiger partial charge in [-0.25, -0.2) is 8.42 Å². The van der Waals surface area contributed by atoms with Gasteiger partial charge in [0, 0.05) is 0 Å². The van der Waals surface area contributed by atoms with Crippen LogP contribution in [0.3, 0.4) is 0 Å². The Morgan fingerprint density at radius 1 is 0.815 bits per heavy atom. The van der Waals surface area contributed by atoms with Crippen molar-refractivity contribution >= 4 is 20.9 Å². The molecular weight excluding hydrogens is 383 g/mol. The molecule has 0 atom stereocenters. The summed E-state index contributed by atoms with van der Waals surface area (Å²) in [7, 11) is -4.46. The molecule has 0 spiro atoms. The molecule has 3 nitrogen and oxygen atoms in total. The van der Waals surface area contributed by atoms with E-state index in [0.29, 0.717) is 6.42 Å². The van der Waals surface area contributed by atoms with Crippen molar-refractivity contribution in [2.75, 3.05) is 0 Å². The second-order valence-corrected chi connectivity index (χ2v) is 8.48. The molecule has 0 saturated carbocycles. The largest absolute Gasteiger partial charge is 1.00 e. The van der Waals surface area contributed by atoms with Gasteiger partial charge in [-0.1, -0.05) is 76.6 Å². The minimum Gasteiger partial charge on any atom is -0.744 e. The van der Waals surface area contributed by atoms with E-state index in [9.17, 15) is 13.0 Å². The van der Waals surface area contributed by atoms with Crippen LogP contribution in [0.2, 0.25) is 0 Å². The predicted molar refractivity (Wildman–Crippen MR) is 108 cm³/mol. The summed E-state index contributed by atoms with van der Waals surface area (Å²) in [6.07, 6.45) is 10.5. The van der Waals surface area contributed by atoms with E-state index >= 15 is 0 Å². The van der Waals surface area contributed by atoms with Crippen LogP contribution in [0.1, 0.15) is 76.3 Å². The molecule has 0 unspecified atom stereocenters.